The van der Waals surface area contributed by atoms with Crippen molar-refractivity contribution in [3.8, 4) is 23.1 Å². The van der Waals surface area contributed by atoms with Crippen molar-refractivity contribution in [3.05, 3.63) is 103 Å². The molecular weight excluding hydrogens is 368 g/mol. The summed E-state index contributed by atoms with van der Waals surface area (Å²) in [6, 6.07) is 25.0. The van der Waals surface area contributed by atoms with Gasteiger partial charge in [0.25, 0.3) is 0 Å². The first kappa shape index (κ1) is 18.1. The fourth-order valence-electron chi connectivity index (χ4n) is 2.64. The Morgan fingerprint density at radius 2 is 1.39 bits per heavy atom. The zero-order valence-electron chi connectivity index (χ0n) is 15.0. The van der Waals surface area contributed by atoms with Crippen molar-refractivity contribution in [1.82, 2.24) is 9.97 Å². The summed E-state index contributed by atoms with van der Waals surface area (Å²) >= 11 is 4.27. The number of aromatic nitrogens is 2. The van der Waals surface area contributed by atoms with Crippen LogP contribution in [0.2, 0.25) is 0 Å². The van der Waals surface area contributed by atoms with E-state index < -0.39 is 0 Å². The van der Waals surface area contributed by atoms with Crippen LogP contribution in [0.4, 0.5) is 0 Å². The quantitative estimate of drug-likeness (QED) is 0.417. The molecule has 4 nitrogen and oxygen atoms in total. The average molecular weight is 386 g/mol. The van der Waals surface area contributed by atoms with Crippen LogP contribution >= 0.6 is 12.6 Å². The van der Waals surface area contributed by atoms with Crippen LogP contribution in [0.25, 0.3) is 0 Å². The Labute approximate surface area is 169 Å². The number of thiol groups is 1. The van der Waals surface area contributed by atoms with Gasteiger partial charge in [-0.3, -0.25) is 4.98 Å². The van der Waals surface area contributed by atoms with Gasteiger partial charge in [0.05, 0.1) is 6.20 Å². The molecule has 0 aliphatic carbocycles. The second kappa shape index (κ2) is 8.59. The maximum atomic E-state index is 5.79. The molecule has 138 valence electrons. The van der Waals surface area contributed by atoms with Gasteiger partial charge in [0.1, 0.15) is 17.2 Å². The Bertz CT molecular complexity index is 1020. The molecule has 0 saturated carbocycles. The number of hydrogen-bond donors (Lipinski definition) is 1. The molecule has 0 fully saturated rings. The zero-order valence-corrected chi connectivity index (χ0v) is 15.9. The fourth-order valence-corrected chi connectivity index (χ4v) is 2.79. The van der Waals surface area contributed by atoms with Crippen LogP contribution in [-0.2, 0) is 6.42 Å². The third kappa shape index (κ3) is 4.90. The van der Waals surface area contributed by atoms with Crippen molar-refractivity contribution >= 4 is 12.6 Å². The first-order chi connectivity index (χ1) is 13.7. The standard InChI is InChI=1S/C23H18N2O2S/c28-22-12-10-19(11-13-22)26-21-9-6-18(25-16-21)15-17-4-7-20(8-5-17)27-23-3-1-2-14-24-23/h1-14,16,28H,15H2. The molecule has 0 saturated heterocycles. The first-order valence-electron chi connectivity index (χ1n) is 8.84. The van der Waals surface area contributed by atoms with Crippen LogP contribution in [0.5, 0.6) is 23.1 Å². The molecule has 0 spiro atoms. The van der Waals surface area contributed by atoms with Gasteiger partial charge in [0, 0.05) is 29.3 Å². The molecule has 2 aromatic carbocycles. The summed E-state index contributed by atoms with van der Waals surface area (Å²) in [4.78, 5) is 9.56. The lowest BCUT2D eigenvalue weighted by molar-refractivity contribution is 0.463. The predicted molar refractivity (Wildman–Crippen MR) is 112 cm³/mol. The molecule has 4 rings (SSSR count). The largest absolute Gasteiger partial charge is 0.456 e. The van der Waals surface area contributed by atoms with E-state index in [0.29, 0.717) is 11.6 Å². The fraction of sp³-hybridized carbons (Fsp3) is 0.0435. The summed E-state index contributed by atoms with van der Waals surface area (Å²) in [5, 5.41) is 0. The normalized spacial score (nSPS) is 10.5. The second-order valence-corrected chi connectivity index (χ2v) is 6.69. The van der Waals surface area contributed by atoms with E-state index >= 15 is 0 Å². The third-order valence-corrected chi connectivity index (χ3v) is 4.34. The molecule has 0 N–H and O–H groups in total. The van der Waals surface area contributed by atoms with Crippen LogP contribution in [0.15, 0.2) is 96.2 Å². The Balaban J connectivity index is 1.36. The second-order valence-electron chi connectivity index (χ2n) is 6.17. The van der Waals surface area contributed by atoms with E-state index in [-0.39, 0.29) is 0 Å². The minimum atomic E-state index is 0.580. The van der Waals surface area contributed by atoms with Crippen molar-refractivity contribution in [2.45, 2.75) is 11.3 Å². The van der Waals surface area contributed by atoms with Gasteiger partial charge >= 0.3 is 0 Å². The molecule has 0 atom stereocenters. The molecule has 0 radical (unpaired) electrons. The topological polar surface area (TPSA) is 44.2 Å². The molecule has 0 aliphatic heterocycles. The molecule has 0 amide bonds. The Morgan fingerprint density at radius 1 is 0.679 bits per heavy atom. The summed E-state index contributed by atoms with van der Waals surface area (Å²) in [6.45, 7) is 0. The van der Waals surface area contributed by atoms with E-state index in [9.17, 15) is 0 Å². The van der Waals surface area contributed by atoms with Crippen molar-refractivity contribution < 1.29 is 9.47 Å². The number of rotatable bonds is 6. The monoisotopic (exact) mass is 386 g/mol. The molecule has 28 heavy (non-hydrogen) atoms. The van der Waals surface area contributed by atoms with Crippen LogP contribution in [-0.4, -0.2) is 9.97 Å². The lowest BCUT2D eigenvalue weighted by Gasteiger charge is -2.08. The minimum absolute atomic E-state index is 0.580. The maximum Gasteiger partial charge on any atom is 0.219 e. The number of ether oxygens (including phenoxy) is 2. The van der Waals surface area contributed by atoms with Gasteiger partial charge in [-0.1, -0.05) is 18.2 Å². The van der Waals surface area contributed by atoms with E-state index in [1.165, 1.54) is 0 Å². The lowest BCUT2D eigenvalue weighted by atomic mass is 10.1. The van der Waals surface area contributed by atoms with E-state index in [4.69, 9.17) is 9.47 Å². The smallest absolute Gasteiger partial charge is 0.219 e. The van der Waals surface area contributed by atoms with Crippen molar-refractivity contribution in [3.63, 3.8) is 0 Å². The highest BCUT2D eigenvalue weighted by Crippen LogP contribution is 2.23. The van der Waals surface area contributed by atoms with Crippen LogP contribution < -0.4 is 9.47 Å². The summed E-state index contributed by atoms with van der Waals surface area (Å²) in [6.07, 6.45) is 4.18. The highest BCUT2D eigenvalue weighted by molar-refractivity contribution is 7.80. The Morgan fingerprint density at radius 3 is 2.07 bits per heavy atom. The minimum Gasteiger partial charge on any atom is -0.456 e. The third-order valence-electron chi connectivity index (χ3n) is 4.04. The summed E-state index contributed by atoms with van der Waals surface area (Å²) in [7, 11) is 0. The predicted octanol–water partition coefficient (Wildman–Crippen LogP) is 5.94. The molecule has 2 aromatic heterocycles. The van der Waals surface area contributed by atoms with E-state index in [1.807, 2.05) is 78.9 Å². The zero-order chi connectivity index (χ0) is 19.2. The molecular formula is C23H18N2O2S. The summed E-state index contributed by atoms with van der Waals surface area (Å²) in [5.74, 6) is 2.80. The van der Waals surface area contributed by atoms with Crippen LogP contribution in [0.3, 0.4) is 0 Å². The van der Waals surface area contributed by atoms with Gasteiger partial charge in [-0.15, -0.1) is 12.6 Å². The van der Waals surface area contributed by atoms with Crippen LogP contribution in [0, 0.1) is 0 Å². The van der Waals surface area contributed by atoms with E-state index in [1.54, 1.807) is 12.4 Å². The number of benzene rings is 2. The average Bonchev–Trinajstić information content (AvgIpc) is 2.73. The molecule has 0 bridgehead atoms. The highest BCUT2D eigenvalue weighted by Gasteiger charge is 2.03. The highest BCUT2D eigenvalue weighted by atomic mass is 32.1. The Hall–Kier alpha value is -3.31. The van der Waals surface area contributed by atoms with Gasteiger partial charge in [0.2, 0.25) is 5.88 Å². The molecule has 4 aromatic rings. The van der Waals surface area contributed by atoms with Crippen LogP contribution in [0.1, 0.15) is 11.3 Å². The van der Waals surface area contributed by atoms with E-state index in [0.717, 1.165) is 34.1 Å². The van der Waals surface area contributed by atoms with Gasteiger partial charge in [0.15, 0.2) is 0 Å². The maximum absolute atomic E-state index is 5.79. The SMILES string of the molecule is Sc1ccc(Oc2ccc(Cc3ccc(Oc4ccccn4)cc3)nc2)cc1. The molecule has 0 aliphatic rings. The summed E-state index contributed by atoms with van der Waals surface area (Å²) in [5.41, 5.74) is 2.12. The number of pyridine rings is 2. The molecule has 0 unspecified atom stereocenters. The van der Waals surface area contributed by atoms with E-state index in [2.05, 4.69) is 22.6 Å². The molecule has 2 heterocycles. The Kier molecular flexibility index (Phi) is 5.54. The van der Waals surface area contributed by atoms with Gasteiger partial charge in [-0.2, -0.15) is 0 Å². The number of hydrogen-bond acceptors (Lipinski definition) is 5. The number of nitrogens with zero attached hydrogens (tertiary/aromatic N) is 2. The van der Waals surface area contributed by atoms with Gasteiger partial charge < -0.3 is 9.47 Å². The van der Waals surface area contributed by atoms with Crippen molar-refractivity contribution in [2.75, 3.05) is 0 Å². The van der Waals surface area contributed by atoms with Gasteiger partial charge in [-0.05, 0) is 60.2 Å². The van der Waals surface area contributed by atoms with Crippen molar-refractivity contribution in [1.29, 1.82) is 0 Å². The van der Waals surface area contributed by atoms with Gasteiger partial charge in [-0.25, -0.2) is 4.98 Å². The lowest BCUT2D eigenvalue weighted by Crippen LogP contribution is -1.93. The molecule has 5 heteroatoms. The van der Waals surface area contributed by atoms with Crippen molar-refractivity contribution in [2.24, 2.45) is 0 Å². The first-order valence-corrected chi connectivity index (χ1v) is 9.29. The summed E-state index contributed by atoms with van der Waals surface area (Å²) < 4.78 is 11.5.